The SMILES string of the molecule is CC(C)CNCc1cccc(Cn2cncn2)c1. The van der Waals surface area contributed by atoms with Crippen LogP contribution in [0.2, 0.25) is 0 Å². The molecule has 0 fully saturated rings. The summed E-state index contributed by atoms with van der Waals surface area (Å²) in [5.41, 5.74) is 2.57. The highest BCUT2D eigenvalue weighted by atomic mass is 15.3. The molecule has 0 atom stereocenters. The molecule has 1 aromatic carbocycles. The van der Waals surface area contributed by atoms with Crippen LogP contribution >= 0.6 is 0 Å². The van der Waals surface area contributed by atoms with Gasteiger partial charge in [-0.2, -0.15) is 5.10 Å². The Morgan fingerprint density at radius 3 is 2.83 bits per heavy atom. The standard InChI is InChI=1S/C14H20N4/c1-12(2)7-15-8-13-4-3-5-14(6-13)9-18-11-16-10-17-18/h3-6,10-12,15H,7-9H2,1-2H3. The summed E-state index contributed by atoms with van der Waals surface area (Å²) in [7, 11) is 0. The molecule has 0 unspecified atom stereocenters. The van der Waals surface area contributed by atoms with Crippen LogP contribution in [0, 0.1) is 5.92 Å². The second-order valence-electron chi connectivity index (χ2n) is 4.94. The number of aromatic nitrogens is 3. The van der Waals surface area contributed by atoms with Gasteiger partial charge in [-0.3, -0.25) is 0 Å². The fourth-order valence-electron chi connectivity index (χ4n) is 1.84. The molecule has 0 saturated heterocycles. The van der Waals surface area contributed by atoms with Crippen molar-refractivity contribution < 1.29 is 0 Å². The van der Waals surface area contributed by atoms with E-state index in [1.54, 1.807) is 12.7 Å². The molecule has 0 radical (unpaired) electrons. The maximum absolute atomic E-state index is 4.12. The van der Waals surface area contributed by atoms with Gasteiger partial charge in [0.15, 0.2) is 0 Å². The third kappa shape index (κ3) is 3.96. The van der Waals surface area contributed by atoms with Crippen molar-refractivity contribution in [3.63, 3.8) is 0 Å². The van der Waals surface area contributed by atoms with E-state index in [1.165, 1.54) is 11.1 Å². The molecule has 1 heterocycles. The predicted molar refractivity (Wildman–Crippen MR) is 72.1 cm³/mol. The zero-order valence-corrected chi connectivity index (χ0v) is 11.0. The largest absolute Gasteiger partial charge is 0.312 e. The lowest BCUT2D eigenvalue weighted by atomic mass is 10.1. The highest BCUT2D eigenvalue weighted by molar-refractivity contribution is 5.23. The maximum atomic E-state index is 4.12. The zero-order chi connectivity index (χ0) is 12.8. The minimum absolute atomic E-state index is 0.684. The summed E-state index contributed by atoms with van der Waals surface area (Å²) < 4.78 is 1.83. The Labute approximate surface area is 108 Å². The molecule has 18 heavy (non-hydrogen) atoms. The topological polar surface area (TPSA) is 42.7 Å². The summed E-state index contributed by atoms with van der Waals surface area (Å²) in [6, 6.07) is 8.58. The van der Waals surface area contributed by atoms with E-state index >= 15 is 0 Å². The van der Waals surface area contributed by atoms with E-state index in [9.17, 15) is 0 Å². The molecule has 2 rings (SSSR count). The second kappa shape index (κ2) is 6.31. The fraction of sp³-hybridized carbons (Fsp3) is 0.429. The minimum Gasteiger partial charge on any atom is -0.312 e. The third-order valence-electron chi connectivity index (χ3n) is 2.68. The fourth-order valence-corrected chi connectivity index (χ4v) is 1.84. The van der Waals surface area contributed by atoms with Crippen molar-refractivity contribution in [3.8, 4) is 0 Å². The van der Waals surface area contributed by atoms with Gasteiger partial charge in [-0.25, -0.2) is 9.67 Å². The molecule has 0 bridgehead atoms. The molecule has 0 amide bonds. The first-order valence-corrected chi connectivity index (χ1v) is 6.35. The van der Waals surface area contributed by atoms with E-state index in [4.69, 9.17) is 0 Å². The first-order valence-electron chi connectivity index (χ1n) is 6.35. The minimum atomic E-state index is 0.684. The van der Waals surface area contributed by atoms with E-state index < -0.39 is 0 Å². The average Bonchev–Trinajstić information content (AvgIpc) is 2.82. The van der Waals surface area contributed by atoms with Gasteiger partial charge in [0.2, 0.25) is 0 Å². The highest BCUT2D eigenvalue weighted by Crippen LogP contribution is 2.06. The summed E-state index contributed by atoms with van der Waals surface area (Å²) >= 11 is 0. The Bertz CT molecular complexity index is 462. The van der Waals surface area contributed by atoms with E-state index in [1.807, 2.05) is 4.68 Å². The molecule has 0 spiro atoms. The lowest BCUT2D eigenvalue weighted by Crippen LogP contribution is -2.19. The Kier molecular flexibility index (Phi) is 4.47. The summed E-state index contributed by atoms with van der Waals surface area (Å²) in [5.74, 6) is 0.684. The quantitative estimate of drug-likeness (QED) is 0.846. The van der Waals surface area contributed by atoms with Gasteiger partial charge in [0.25, 0.3) is 0 Å². The molecule has 2 aromatic rings. The Balaban J connectivity index is 1.92. The van der Waals surface area contributed by atoms with Crippen molar-refractivity contribution in [2.75, 3.05) is 6.54 Å². The molecular formula is C14H20N4. The monoisotopic (exact) mass is 244 g/mol. The number of rotatable bonds is 6. The van der Waals surface area contributed by atoms with Gasteiger partial charge in [-0.05, 0) is 23.6 Å². The van der Waals surface area contributed by atoms with Gasteiger partial charge >= 0.3 is 0 Å². The van der Waals surface area contributed by atoms with Crippen LogP contribution in [-0.4, -0.2) is 21.3 Å². The predicted octanol–water partition coefficient (Wildman–Crippen LogP) is 2.07. The lowest BCUT2D eigenvalue weighted by molar-refractivity contribution is 0.552. The average molecular weight is 244 g/mol. The molecule has 1 aromatic heterocycles. The number of nitrogens with one attached hydrogen (secondary N) is 1. The number of hydrogen-bond acceptors (Lipinski definition) is 3. The van der Waals surface area contributed by atoms with E-state index in [0.29, 0.717) is 5.92 Å². The van der Waals surface area contributed by atoms with Crippen LogP contribution in [0.15, 0.2) is 36.9 Å². The maximum Gasteiger partial charge on any atom is 0.137 e. The summed E-state index contributed by atoms with van der Waals surface area (Å²) in [6.45, 7) is 7.18. The van der Waals surface area contributed by atoms with Crippen LogP contribution in [-0.2, 0) is 13.1 Å². The van der Waals surface area contributed by atoms with E-state index in [-0.39, 0.29) is 0 Å². The van der Waals surface area contributed by atoms with Crippen LogP contribution in [0.5, 0.6) is 0 Å². The summed E-state index contributed by atoms with van der Waals surface area (Å²) in [6.07, 6.45) is 3.30. The van der Waals surface area contributed by atoms with Crippen LogP contribution in [0.25, 0.3) is 0 Å². The number of benzene rings is 1. The molecule has 0 aliphatic rings. The molecule has 1 N–H and O–H groups in total. The van der Waals surface area contributed by atoms with Crippen molar-refractivity contribution >= 4 is 0 Å². The molecule has 4 heteroatoms. The van der Waals surface area contributed by atoms with Gasteiger partial charge in [-0.15, -0.1) is 0 Å². The zero-order valence-electron chi connectivity index (χ0n) is 11.0. The normalized spacial score (nSPS) is 11.1. The first kappa shape index (κ1) is 12.8. The smallest absolute Gasteiger partial charge is 0.137 e. The van der Waals surface area contributed by atoms with Crippen LogP contribution in [0.1, 0.15) is 25.0 Å². The summed E-state index contributed by atoms with van der Waals surface area (Å²) in [4.78, 5) is 3.95. The van der Waals surface area contributed by atoms with Gasteiger partial charge in [-0.1, -0.05) is 38.1 Å². The van der Waals surface area contributed by atoms with Gasteiger partial charge < -0.3 is 5.32 Å². The number of hydrogen-bond donors (Lipinski definition) is 1. The molecule has 0 aliphatic carbocycles. The molecule has 96 valence electrons. The van der Waals surface area contributed by atoms with Crippen LogP contribution < -0.4 is 5.32 Å². The van der Waals surface area contributed by atoms with Gasteiger partial charge in [0.1, 0.15) is 12.7 Å². The molecule has 4 nitrogen and oxygen atoms in total. The summed E-state index contributed by atoms with van der Waals surface area (Å²) in [5, 5.41) is 7.57. The van der Waals surface area contributed by atoms with Crippen LogP contribution in [0.4, 0.5) is 0 Å². The van der Waals surface area contributed by atoms with Crippen molar-refractivity contribution in [2.24, 2.45) is 5.92 Å². The Morgan fingerprint density at radius 1 is 1.28 bits per heavy atom. The third-order valence-corrected chi connectivity index (χ3v) is 2.68. The van der Waals surface area contributed by atoms with E-state index in [2.05, 4.69) is 53.5 Å². The van der Waals surface area contributed by atoms with Gasteiger partial charge in [0.05, 0.1) is 6.54 Å². The Morgan fingerprint density at radius 2 is 2.11 bits per heavy atom. The first-order chi connectivity index (χ1) is 8.74. The van der Waals surface area contributed by atoms with Crippen molar-refractivity contribution in [2.45, 2.75) is 26.9 Å². The molecule has 0 aliphatic heterocycles. The highest BCUT2D eigenvalue weighted by Gasteiger charge is 1.99. The van der Waals surface area contributed by atoms with Crippen molar-refractivity contribution in [1.29, 1.82) is 0 Å². The second-order valence-corrected chi connectivity index (χ2v) is 4.94. The van der Waals surface area contributed by atoms with Crippen molar-refractivity contribution in [3.05, 3.63) is 48.0 Å². The van der Waals surface area contributed by atoms with E-state index in [0.717, 1.165) is 19.6 Å². The van der Waals surface area contributed by atoms with Crippen molar-refractivity contribution in [1.82, 2.24) is 20.1 Å². The lowest BCUT2D eigenvalue weighted by Gasteiger charge is -2.09. The van der Waals surface area contributed by atoms with Crippen LogP contribution in [0.3, 0.4) is 0 Å². The van der Waals surface area contributed by atoms with Gasteiger partial charge in [0, 0.05) is 6.54 Å². The molecule has 0 saturated carbocycles. The molecular weight excluding hydrogens is 224 g/mol. The number of nitrogens with zero attached hydrogens (tertiary/aromatic N) is 3. The Hall–Kier alpha value is -1.68.